The summed E-state index contributed by atoms with van der Waals surface area (Å²) in [6.07, 6.45) is 5.52. The van der Waals surface area contributed by atoms with E-state index in [0.29, 0.717) is 6.04 Å². The van der Waals surface area contributed by atoms with Crippen LogP contribution < -0.4 is 5.32 Å². The average molecular weight is 254 g/mol. The number of para-hydroxylation sites is 1. The lowest BCUT2D eigenvalue weighted by atomic mass is 9.99. The predicted octanol–water partition coefficient (Wildman–Crippen LogP) is 4.53. The third-order valence-electron chi connectivity index (χ3n) is 4.35. The molecular weight excluding hydrogens is 232 g/mol. The quantitative estimate of drug-likeness (QED) is 0.870. The van der Waals surface area contributed by atoms with E-state index in [-0.39, 0.29) is 0 Å². The molecule has 1 N–H and O–H groups in total. The Morgan fingerprint density at radius 2 is 1.95 bits per heavy atom. The van der Waals surface area contributed by atoms with Crippen LogP contribution in [0.5, 0.6) is 0 Å². The van der Waals surface area contributed by atoms with Gasteiger partial charge in [0.25, 0.3) is 0 Å². The Morgan fingerprint density at radius 3 is 2.74 bits per heavy atom. The van der Waals surface area contributed by atoms with Crippen LogP contribution in [0, 0.1) is 12.8 Å². The van der Waals surface area contributed by atoms with Gasteiger partial charge in [-0.1, -0.05) is 31.0 Å². The fourth-order valence-corrected chi connectivity index (χ4v) is 3.18. The zero-order chi connectivity index (χ0) is 13.2. The summed E-state index contributed by atoms with van der Waals surface area (Å²) in [5, 5.41) is 4.91. The molecular formula is C17H22N2. The van der Waals surface area contributed by atoms with E-state index in [1.165, 1.54) is 36.8 Å². The van der Waals surface area contributed by atoms with E-state index in [4.69, 9.17) is 4.98 Å². The molecule has 1 aliphatic rings. The van der Waals surface area contributed by atoms with Crippen LogP contribution in [0.4, 0.5) is 5.69 Å². The number of hydrogen-bond acceptors (Lipinski definition) is 2. The number of aromatic nitrogens is 1. The number of hydrogen-bond donors (Lipinski definition) is 1. The highest BCUT2D eigenvalue weighted by Gasteiger charge is 2.21. The topological polar surface area (TPSA) is 24.9 Å². The van der Waals surface area contributed by atoms with Gasteiger partial charge in [-0.25, -0.2) is 0 Å². The average Bonchev–Trinajstić information content (AvgIpc) is 2.93. The molecule has 2 aromatic rings. The predicted molar refractivity (Wildman–Crippen MR) is 81.5 cm³/mol. The highest BCUT2D eigenvalue weighted by molar-refractivity contribution is 5.90. The van der Waals surface area contributed by atoms with Crippen LogP contribution in [0.2, 0.25) is 0 Å². The van der Waals surface area contributed by atoms with Crippen molar-refractivity contribution in [1.29, 1.82) is 0 Å². The van der Waals surface area contributed by atoms with E-state index in [1.54, 1.807) is 0 Å². The number of nitrogens with one attached hydrogen (secondary N) is 1. The largest absolute Gasteiger partial charge is 0.381 e. The molecule has 1 aliphatic carbocycles. The number of nitrogens with zero attached hydrogens (tertiary/aromatic N) is 1. The summed E-state index contributed by atoms with van der Waals surface area (Å²) >= 11 is 0. The number of aryl methyl sites for hydroxylation is 1. The molecule has 100 valence electrons. The first-order valence-electron chi connectivity index (χ1n) is 7.37. The molecule has 1 atom stereocenters. The lowest BCUT2D eigenvalue weighted by molar-refractivity contribution is 0.482. The molecule has 0 bridgehead atoms. The van der Waals surface area contributed by atoms with Gasteiger partial charge >= 0.3 is 0 Å². The van der Waals surface area contributed by atoms with Crippen molar-refractivity contribution in [3.8, 4) is 0 Å². The zero-order valence-corrected chi connectivity index (χ0v) is 11.8. The summed E-state index contributed by atoms with van der Waals surface area (Å²) in [4.78, 5) is 4.69. The summed E-state index contributed by atoms with van der Waals surface area (Å²) < 4.78 is 0. The number of benzene rings is 1. The highest BCUT2D eigenvalue weighted by atomic mass is 14.9. The maximum atomic E-state index is 4.69. The summed E-state index contributed by atoms with van der Waals surface area (Å²) in [5.74, 6) is 0.820. The minimum atomic E-state index is 0.537. The van der Waals surface area contributed by atoms with Gasteiger partial charge in [-0.3, -0.25) is 4.98 Å². The van der Waals surface area contributed by atoms with Crippen LogP contribution >= 0.6 is 0 Å². The van der Waals surface area contributed by atoms with Crippen molar-refractivity contribution in [1.82, 2.24) is 4.98 Å². The molecule has 0 spiro atoms. The Bertz CT molecular complexity index is 570. The van der Waals surface area contributed by atoms with Crippen molar-refractivity contribution in [3.63, 3.8) is 0 Å². The minimum absolute atomic E-state index is 0.537. The molecule has 0 aliphatic heterocycles. The molecule has 0 saturated heterocycles. The molecule has 1 aromatic carbocycles. The van der Waals surface area contributed by atoms with Gasteiger partial charge in [-0.05, 0) is 44.7 Å². The molecule has 3 rings (SSSR count). The second-order valence-corrected chi connectivity index (χ2v) is 5.81. The van der Waals surface area contributed by atoms with E-state index < -0.39 is 0 Å². The number of fused-ring (bicyclic) bond motifs is 1. The number of anilines is 1. The van der Waals surface area contributed by atoms with Crippen LogP contribution in [0.1, 0.15) is 38.3 Å². The first kappa shape index (κ1) is 12.5. The van der Waals surface area contributed by atoms with E-state index in [1.807, 2.05) is 0 Å². The molecule has 1 unspecified atom stereocenters. The van der Waals surface area contributed by atoms with Crippen molar-refractivity contribution in [2.24, 2.45) is 5.92 Å². The molecule has 1 saturated carbocycles. The van der Waals surface area contributed by atoms with Crippen LogP contribution in [0.3, 0.4) is 0 Å². The third-order valence-corrected chi connectivity index (χ3v) is 4.35. The minimum Gasteiger partial charge on any atom is -0.381 e. The zero-order valence-electron chi connectivity index (χ0n) is 11.8. The van der Waals surface area contributed by atoms with Gasteiger partial charge < -0.3 is 5.32 Å². The first-order valence-corrected chi connectivity index (χ1v) is 7.37. The summed E-state index contributed by atoms with van der Waals surface area (Å²) in [5.41, 5.74) is 3.36. The van der Waals surface area contributed by atoms with E-state index in [2.05, 4.69) is 49.5 Å². The molecule has 19 heavy (non-hydrogen) atoms. The monoisotopic (exact) mass is 254 g/mol. The Kier molecular flexibility index (Phi) is 3.41. The summed E-state index contributed by atoms with van der Waals surface area (Å²) in [6.45, 7) is 4.36. The van der Waals surface area contributed by atoms with Crippen LogP contribution in [-0.4, -0.2) is 11.0 Å². The Labute approximate surface area is 115 Å². The van der Waals surface area contributed by atoms with Crippen LogP contribution in [0.15, 0.2) is 30.3 Å². The number of pyridine rings is 1. The van der Waals surface area contributed by atoms with E-state index in [9.17, 15) is 0 Å². The van der Waals surface area contributed by atoms with Crippen LogP contribution in [0.25, 0.3) is 10.9 Å². The van der Waals surface area contributed by atoms with Crippen molar-refractivity contribution < 1.29 is 0 Å². The molecule has 1 aromatic heterocycles. The third kappa shape index (κ3) is 2.58. The summed E-state index contributed by atoms with van der Waals surface area (Å²) in [6, 6.07) is 11.2. The van der Waals surface area contributed by atoms with Gasteiger partial charge in [0, 0.05) is 17.1 Å². The molecule has 2 nitrogen and oxygen atoms in total. The van der Waals surface area contributed by atoms with Crippen molar-refractivity contribution >= 4 is 16.6 Å². The maximum absolute atomic E-state index is 4.69. The molecule has 0 radical (unpaired) electrons. The Balaban J connectivity index is 1.89. The van der Waals surface area contributed by atoms with Gasteiger partial charge in [-0.2, -0.15) is 0 Å². The fraction of sp³-hybridized carbons (Fsp3) is 0.471. The Hall–Kier alpha value is -1.57. The lowest BCUT2D eigenvalue weighted by Crippen LogP contribution is -2.23. The van der Waals surface area contributed by atoms with Crippen molar-refractivity contribution in [2.75, 3.05) is 5.32 Å². The lowest BCUT2D eigenvalue weighted by Gasteiger charge is -2.22. The number of rotatable bonds is 3. The molecule has 1 heterocycles. The second kappa shape index (κ2) is 5.20. The van der Waals surface area contributed by atoms with Gasteiger partial charge in [0.15, 0.2) is 0 Å². The normalized spacial score (nSPS) is 17.8. The first-order chi connectivity index (χ1) is 9.24. The van der Waals surface area contributed by atoms with Crippen molar-refractivity contribution in [2.45, 2.75) is 45.6 Å². The highest BCUT2D eigenvalue weighted by Crippen LogP contribution is 2.30. The Morgan fingerprint density at radius 1 is 1.16 bits per heavy atom. The van der Waals surface area contributed by atoms with Gasteiger partial charge in [-0.15, -0.1) is 0 Å². The molecule has 1 fully saturated rings. The van der Waals surface area contributed by atoms with Gasteiger partial charge in [0.1, 0.15) is 0 Å². The summed E-state index contributed by atoms with van der Waals surface area (Å²) in [7, 11) is 0. The van der Waals surface area contributed by atoms with Crippen LogP contribution in [-0.2, 0) is 0 Å². The SMILES string of the molecule is Cc1ccc2cccc(NC(C)C3CCCC3)c2n1. The maximum Gasteiger partial charge on any atom is 0.0936 e. The molecule has 0 amide bonds. The van der Waals surface area contributed by atoms with Crippen molar-refractivity contribution in [3.05, 3.63) is 36.0 Å². The smallest absolute Gasteiger partial charge is 0.0936 e. The van der Waals surface area contributed by atoms with E-state index >= 15 is 0 Å². The fourth-order valence-electron chi connectivity index (χ4n) is 3.18. The second-order valence-electron chi connectivity index (χ2n) is 5.81. The molecule has 2 heteroatoms. The van der Waals surface area contributed by atoms with E-state index in [0.717, 1.165) is 17.1 Å². The van der Waals surface area contributed by atoms with Gasteiger partial charge in [0.2, 0.25) is 0 Å². The van der Waals surface area contributed by atoms with Gasteiger partial charge in [0.05, 0.1) is 11.2 Å². The standard InChI is InChI=1S/C17H22N2/c1-12-10-11-15-8-5-9-16(17(15)18-12)19-13(2)14-6-3-4-7-14/h5,8-11,13-14,19H,3-4,6-7H2,1-2H3.